The lowest BCUT2D eigenvalue weighted by Crippen LogP contribution is -1.89. The molecule has 1 N–H and O–H groups in total. The van der Waals surface area contributed by atoms with E-state index < -0.39 is 11.0 Å². The molecule has 18 heavy (non-hydrogen) atoms. The Morgan fingerprint density at radius 1 is 1.67 bits per heavy atom. The maximum atomic E-state index is 10.9. The number of aliphatic hydroxyl groups is 1. The van der Waals surface area contributed by atoms with Gasteiger partial charge in [-0.25, -0.2) is 0 Å². The number of rotatable bonds is 4. The molecule has 2 rings (SSSR count). The van der Waals surface area contributed by atoms with Crippen LogP contribution in [0.4, 0.5) is 5.69 Å². The van der Waals surface area contributed by atoms with E-state index in [-0.39, 0.29) is 10.8 Å². The van der Waals surface area contributed by atoms with Gasteiger partial charge in [0.25, 0.3) is 5.06 Å². The highest BCUT2D eigenvalue weighted by Crippen LogP contribution is 2.41. The lowest BCUT2D eigenvalue weighted by atomic mass is 10.3. The first-order valence-corrected chi connectivity index (χ1v) is 5.91. The van der Waals surface area contributed by atoms with Crippen molar-refractivity contribution in [2.24, 2.45) is 7.05 Å². The van der Waals surface area contributed by atoms with Crippen molar-refractivity contribution < 1.29 is 14.8 Å². The van der Waals surface area contributed by atoms with Crippen LogP contribution in [0.15, 0.2) is 18.5 Å². The molecule has 2 heterocycles. The first-order valence-electron chi connectivity index (χ1n) is 5.10. The average Bonchev–Trinajstić information content (AvgIpc) is 2.85. The summed E-state index contributed by atoms with van der Waals surface area (Å²) in [6, 6.07) is 1.32. The number of hydrogen-bond donors (Lipinski definition) is 1. The Bertz CT molecular complexity index is 575. The predicted molar refractivity (Wildman–Crippen MR) is 64.9 cm³/mol. The highest BCUT2D eigenvalue weighted by atomic mass is 32.1. The van der Waals surface area contributed by atoms with E-state index in [9.17, 15) is 15.2 Å². The molecular weight excluding hydrogens is 258 g/mol. The summed E-state index contributed by atoms with van der Waals surface area (Å²) in [4.78, 5) is 10.8. The minimum absolute atomic E-state index is 0.143. The Kier molecular flexibility index (Phi) is 3.30. The monoisotopic (exact) mass is 269 g/mol. The molecule has 8 heteroatoms. The maximum absolute atomic E-state index is 10.9. The molecule has 0 amide bonds. The molecule has 0 aliphatic heterocycles. The van der Waals surface area contributed by atoms with Crippen LogP contribution in [0.3, 0.4) is 0 Å². The van der Waals surface area contributed by atoms with Crippen molar-refractivity contribution in [3.8, 4) is 10.8 Å². The molecule has 0 saturated heterocycles. The molecule has 2 aromatic rings. The Morgan fingerprint density at radius 2 is 2.39 bits per heavy atom. The zero-order chi connectivity index (χ0) is 13.3. The van der Waals surface area contributed by atoms with Gasteiger partial charge in [-0.2, -0.15) is 5.10 Å². The van der Waals surface area contributed by atoms with E-state index in [2.05, 4.69) is 5.10 Å². The second-order valence-corrected chi connectivity index (χ2v) is 4.75. The summed E-state index contributed by atoms with van der Waals surface area (Å²) < 4.78 is 6.94. The topological polar surface area (TPSA) is 90.4 Å². The van der Waals surface area contributed by atoms with Gasteiger partial charge in [-0.15, -0.1) is 0 Å². The van der Waals surface area contributed by atoms with Gasteiger partial charge < -0.3 is 9.84 Å². The first-order chi connectivity index (χ1) is 8.47. The van der Waals surface area contributed by atoms with Crippen LogP contribution < -0.4 is 4.74 Å². The second kappa shape index (κ2) is 4.75. The molecule has 7 nitrogen and oxygen atoms in total. The zero-order valence-electron chi connectivity index (χ0n) is 9.73. The molecule has 0 saturated carbocycles. The fourth-order valence-corrected chi connectivity index (χ4v) is 2.28. The molecule has 0 bridgehead atoms. The zero-order valence-corrected chi connectivity index (χ0v) is 10.5. The third-order valence-corrected chi connectivity index (χ3v) is 3.37. The summed E-state index contributed by atoms with van der Waals surface area (Å²) in [5.74, 6) is 0.416. The standard InChI is InChI=1S/C10H11N3O4S/c1-6(14)9-3-8(13(15)16)10(18-9)17-7-4-11-12(2)5-7/h3-6,14H,1-2H3/t6-/m0/s1. The van der Waals surface area contributed by atoms with Crippen LogP contribution in [-0.2, 0) is 7.05 Å². The van der Waals surface area contributed by atoms with E-state index in [1.54, 1.807) is 20.2 Å². The van der Waals surface area contributed by atoms with Crippen LogP contribution in [0.5, 0.6) is 10.8 Å². The van der Waals surface area contributed by atoms with Crippen molar-refractivity contribution in [1.82, 2.24) is 9.78 Å². The Hall–Kier alpha value is -1.93. The predicted octanol–water partition coefficient (Wildman–Crippen LogP) is 2.24. The van der Waals surface area contributed by atoms with E-state index in [0.29, 0.717) is 10.6 Å². The molecular formula is C10H11N3O4S. The van der Waals surface area contributed by atoms with E-state index in [0.717, 1.165) is 11.3 Å². The number of aromatic nitrogens is 2. The summed E-state index contributed by atoms with van der Waals surface area (Å²) in [5, 5.41) is 24.4. The number of nitro groups is 1. The lowest BCUT2D eigenvalue weighted by Gasteiger charge is -1.98. The van der Waals surface area contributed by atoms with Crippen molar-refractivity contribution >= 4 is 17.0 Å². The molecule has 96 valence electrons. The van der Waals surface area contributed by atoms with E-state index in [1.807, 2.05) is 0 Å². The molecule has 0 fully saturated rings. The summed E-state index contributed by atoms with van der Waals surface area (Å²) in [5.41, 5.74) is -0.153. The SMILES string of the molecule is C[C@H](O)c1cc([N+](=O)[O-])c(Oc2cnn(C)c2)s1. The molecule has 1 atom stereocenters. The molecule has 0 aliphatic carbocycles. The van der Waals surface area contributed by atoms with Gasteiger partial charge in [-0.3, -0.25) is 14.8 Å². The van der Waals surface area contributed by atoms with Crippen molar-refractivity contribution in [2.45, 2.75) is 13.0 Å². The largest absolute Gasteiger partial charge is 0.437 e. The summed E-state index contributed by atoms with van der Waals surface area (Å²) in [6.45, 7) is 1.55. The number of aliphatic hydroxyl groups excluding tert-OH is 1. The molecule has 0 spiro atoms. The van der Waals surface area contributed by atoms with Gasteiger partial charge in [0.1, 0.15) is 0 Å². The van der Waals surface area contributed by atoms with E-state index in [1.165, 1.54) is 16.9 Å². The van der Waals surface area contributed by atoms with Gasteiger partial charge >= 0.3 is 5.69 Å². The van der Waals surface area contributed by atoms with Crippen LogP contribution in [0.2, 0.25) is 0 Å². The Labute approximate surface area is 106 Å². The molecule has 2 aromatic heterocycles. The van der Waals surface area contributed by atoms with E-state index >= 15 is 0 Å². The Morgan fingerprint density at radius 3 is 2.89 bits per heavy atom. The van der Waals surface area contributed by atoms with Gasteiger partial charge in [0, 0.05) is 18.0 Å². The van der Waals surface area contributed by atoms with Crippen molar-refractivity contribution in [1.29, 1.82) is 0 Å². The van der Waals surface area contributed by atoms with Gasteiger partial charge in [-0.1, -0.05) is 11.3 Å². The average molecular weight is 269 g/mol. The minimum Gasteiger partial charge on any atom is -0.437 e. The highest BCUT2D eigenvalue weighted by molar-refractivity contribution is 7.14. The van der Waals surface area contributed by atoms with Crippen LogP contribution in [0, 0.1) is 10.1 Å². The molecule has 0 aliphatic rings. The van der Waals surface area contributed by atoms with Crippen molar-refractivity contribution in [2.75, 3.05) is 0 Å². The van der Waals surface area contributed by atoms with Crippen molar-refractivity contribution in [3.05, 3.63) is 33.5 Å². The Balaban J connectivity index is 2.33. The number of hydrogen-bond acceptors (Lipinski definition) is 6. The smallest absolute Gasteiger partial charge is 0.323 e. The lowest BCUT2D eigenvalue weighted by molar-refractivity contribution is -0.385. The van der Waals surface area contributed by atoms with Crippen LogP contribution in [0.25, 0.3) is 0 Å². The van der Waals surface area contributed by atoms with E-state index in [4.69, 9.17) is 4.74 Å². The van der Waals surface area contributed by atoms with Crippen LogP contribution in [0.1, 0.15) is 17.9 Å². The fourth-order valence-electron chi connectivity index (χ4n) is 1.35. The van der Waals surface area contributed by atoms with Crippen LogP contribution in [-0.4, -0.2) is 19.8 Å². The molecule has 0 aromatic carbocycles. The summed E-state index contributed by atoms with van der Waals surface area (Å²) in [7, 11) is 1.72. The van der Waals surface area contributed by atoms with Gasteiger partial charge in [0.15, 0.2) is 5.75 Å². The quantitative estimate of drug-likeness (QED) is 0.679. The van der Waals surface area contributed by atoms with Gasteiger partial charge in [0.2, 0.25) is 0 Å². The maximum Gasteiger partial charge on any atom is 0.323 e. The van der Waals surface area contributed by atoms with Gasteiger partial charge in [-0.05, 0) is 6.92 Å². The summed E-state index contributed by atoms with van der Waals surface area (Å²) in [6.07, 6.45) is 2.30. The fraction of sp³-hybridized carbons (Fsp3) is 0.300. The molecule has 0 radical (unpaired) electrons. The second-order valence-electron chi connectivity index (χ2n) is 3.71. The first kappa shape index (κ1) is 12.5. The number of ether oxygens (including phenoxy) is 1. The van der Waals surface area contributed by atoms with Crippen LogP contribution >= 0.6 is 11.3 Å². The number of aryl methyl sites for hydroxylation is 1. The number of thiophene rings is 1. The van der Waals surface area contributed by atoms with Gasteiger partial charge in [0.05, 0.1) is 23.4 Å². The third-order valence-electron chi connectivity index (χ3n) is 2.20. The summed E-state index contributed by atoms with van der Waals surface area (Å²) >= 11 is 1.05. The normalized spacial score (nSPS) is 12.4. The van der Waals surface area contributed by atoms with Crippen molar-refractivity contribution in [3.63, 3.8) is 0 Å². The highest BCUT2D eigenvalue weighted by Gasteiger charge is 2.23. The third kappa shape index (κ3) is 2.49. The molecule has 0 unspecified atom stereocenters. The minimum atomic E-state index is -0.764. The number of nitrogens with zero attached hydrogens (tertiary/aromatic N) is 3.